The molecule has 2 aromatic carbocycles. The predicted octanol–water partition coefficient (Wildman–Crippen LogP) is 4.71. The fourth-order valence-corrected chi connectivity index (χ4v) is 3.49. The molecule has 1 amide bonds. The maximum atomic E-state index is 11.9. The number of carbonyl (C=O) groups excluding carboxylic acids is 1. The van der Waals surface area contributed by atoms with Crippen LogP contribution < -0.4 is 10.2 Å². The first-order valence-electron chi connectivity index (χ1n) is 7.55. The van der Waals surface area contributed by atoms with E-state index in [2.05, 4.69) is 26.5 Å². The maximum absolute atomic E-state index is 11.9. The van der Waals surface area contributed by atoms with Crippen LogP contribution in [0.15, 0.2) is 75.6 Å². The van der Waals surface area contributed by atoms with Gasteiger partial charge in [-0.3, -0.25) is 4.79 Å². The molecule has 1 aromatic heterocycles. The van der Waals surface area contributed by atoms with Gasteiger partial charge in [0.1, 0.15) is 5.75 Å². The molecular formula is C19H15BrN2O2S. The van der Waals surface area contributed by atoms with Crippen LogP contribution in [0.5, 0.6) is 5.75 Å². The molecule has 0 saturated heterocycles. The highest BCUT2D eigenvalue weighted by atomic mass is 79.9. The first-order valence-corrected chi connectivity index (χ1v) is 9.23. The lowest BCUT2D eigenvalue weighted by atomic mass is 10.1. The Bertz CT molecular complexity index is 878. The number of amides is 1. The molecule has 0 atom stereocenters. The van der Waals surface area contributed by atoms with Gasteiger partial charge in [0.25, 0.3) is 5.91 Å². The van der Waals surface area contributed by atoms with E-state index in [0.717, 1.165) is 20.5 Å². The molecule has 1 heterocycles. The van der Waals surface area contributed by atoms with E-state index in [9.17, 15) is 4.79 Å². The number of benzene rings is 2. The van der Waals surface area contributed by atoms with E-state index in [0.29, 0.717) is 5.75 Å². The molecule has 0 bridgehead atoms. The van der Waals surface area contributed by atoms with Crippen molar-refractivity contribution >= 4 is 39.4 Å². The normalized spacial score (nSPS) is 10.8. The Morgan fingerprint density at radius 1 is 1.16 bits per heavy atom. The van der Waals surface area contributed by atoms with Crippen LogP contribution in [0.3, 0.4) is 0 Å². The summed E-state index contributed by atoms with van der Waals surface area (Å²) in [5.74, 6) is 0.352. The van der Waals surface area contributed by atoms with Crippen molar-refractivity contribution in [2.75, 3.05) is 6.61 Å². The van der Waals surface area contributed by atoms with Crippen LogP contribution in [0.1, 0.15) is 4.88 Å². The third-order valence-electron chi connectivity index (χ3n) is 3.30. The molecule has 0 aliphatic rings. The summed E-state index contributed by atoms with van der Waals surface area (Å²) in [6, 6.07) is 19.5. The van der Waals surface area contributed by atoms with E-state index in [1.165, 1.54) is 11.3 Å². The average molecular weight is 415 g/mol. The second-order valence-corrected chi connectivity index (χ2v) is 6.97. The SMILES string of the molecule is O=C(COc1ccccc1-c1ccccc1)N/N=C/c1cc(Br)cs1. The lowest BCUT2D eigenvalue weighted by Gasteiger charge is -2.10. The Morgan fingerprint density at radius 3 is 2.68 bits per heavy atom. The second kappa shape index (κ2) is 8.60. The van der Waals surface area contributed by atoms with E-state index in [1.54, 1.807) is 6.21 Å². The number of hydrogen-bond acceptors (Lipinski definition) is 4. The van der Waals surface area contributed by atoms with Crippen LogP contribution in [0.25, 0.3) is 11.1 Å². The number of hydrazone groups is 1. The van der Waals surface area contributed by atoms with Crippen LogP contribution in [-0.2, 0) is 4.79 Å². The van der Waals surface area contributed by atoms with Crippen molar-refractivity contribution in [1.82, 2.24) is 5.43 Å². The van der Waals surface area contributed by atoms with Crippen LogP contribution in [0, 0.1) is 0 Å². The minimum atomic E-state index is -0.310. The summed E-state index contributed by atoms with van der Waals surface area (Å²) in [7, 11) is 0. The van der Waals surface area contributed by atoms with Crippen LogP contribution in [0.2, 0.25) is 0 Å². The van der Waals surface area contributed by atoms with Crippen molar-refractivity contribution in [3.63, 3.8) is 0 Å². The lowest BCUT2D eigenvalue weighted by Crippen LogP contribution is -2.24. The molecule has 0 unspecified atom stereocenters. The summed E-state index contributed by atoms with van der Waals surface area (Å²) in [5.41, 5.74) is 4.46. The summed E-state index contributed by atoms with van der Waals surface area (Å²) < 4.78 is 6.66. The van der Waals surface area contributed by atoms with Gasteiger partial charge in [-0.15, -0.1) is 11.3 Å². The number of hydrogen-bond donors (Lipinski definition) is 1. The Balaban J connectivity index is 1.58. The Hall–Kier alpha value is -2.44. The van der Waals surface area contributed by atoms with Crippen LogP contribution in [0.4, 0.5) is 0 Å². The molecule has 4 nitrogen and oxygen atoms in total. The highest BCUT2D eigenvalue weighted by Crippen LogP contribution is 2.29. The van der Waals surface area contributed by atoms with Crippen LogP contribution in [-0.4, -0.2) is 18.7 Å². The first kappa shape index (κ1) is 17.4. The van der Waals surface area contributed by atoms with Gasteiger partial charge in [0.2, 0.25) is 0 Å². The third kappa shape index (κ3) is 5.01. The smallest absolute Gasteiger partial charge is 0.277 e. The fraction of sp³-hybridized carbons (Fsp3) is 0.0526. The summed E-state index contributed by atoms with van der Waals surface area (Å²) >= 11 is 4.90. The molecule has 0 aliphatic heterocycles. The number of nitrogens with one attached hydrogen (secondary N) is 1. The Kier molecular flexibility index (Phi) is 5.98. The monoisotopic (exact) mass is 414 g/mol. The zero-order valence-electron chi connectivity index (χ0n) is 13.2. The Morgan fingerprint density at radius 2 is 1.92 bits per heavy atom. The molecule has 0 fully saturated rings. The van der Waals surface area contributed by atoms with Crippen molar-refractivity contribution in [3.05, 3.63) is 75.4 Å². The van der Waals surface area contributed by atoms with Crippen molar-refractivity contribution in [3.8, 4) is 16.9 Å². The summed E-state index contributed by atoms with van der Waals surface area (Å²) in [5, 5.41) is 5.88. The van der Waals surface area contributed by atoms with Crippen LogP contribution >= 0.6 is 27.3 Å². The second-order valence-electron chi connectivity index (χ2n) is 5.11. The maximum Gasteiger partial charge on any atom is 0.277 e. The number of halogens is 1. The van der Waals surface area contributed by atoms with Crippen molar-refractivity contribution in [2.24, 2.45) is 5.10 Å². The van der Waals surface area contributed by atoms with Crippen molar-refractivity contribution in [1.29, 1.82) is 0 Å². The topological polar surface area (TPSA) is 50.7 Å². The highest BCUT2D eigenvalue weighted by molar-refractivity contribution is 9.10. The molecule has 126 valence electrons. The fourth-order valence-electron chi connectivity index (χ4n) is 2.19. The van der Waals surface area contributed by atoms with Gasteiger partial charge in [0, 0.05) is 20.3 Å². The van der Waals surface area contributed by atoms with Gasteiger partial charge >= 0.3 is 0 Å². The number of rotatable bonds is 6. The minimum absolute atomic E-state index is 0.102. The number of para-hydroxylation sites is 1. The van der Waals surface area contributed by atoms with E-state index < -0.39 is 0 Å². The Labute approximate surface area is 158 Å². The average Bonchev–Trinajstić information content (AvgIpc) is 3.06. The molecule has 6 heteroatoms. The van der Waals surface area contributed by atoms with Gasteiger partial charge in [-0.1, -0.05) is 48.5 Å². The molecule has 0 spiro atoms. The zero-order chi connectivity index (χ0) is 17.5. The zero-order valence-corrected chi connectivity index (χ0v) is 15.6. The lowest BCUT2D eigenvalue weighted by molar-refractivity contribution is -0.123. The molecule has 0 radical (unpaired) electrons. The minimum Gasteiger partial charge on any atom is -0.483 e. The summed E-state index contributed by atoms with van der Waals surface area (Å²) in [4.78, 5) is 12.9. The quantitative estimate of drug-likeness (QED) is 0.469. The largest absolute Gasteiger partial charge is 0.483 e. The van der Waals surface area contributed by atoms with Gasteiger partial charge in [0.15, 0.2) is 6.61 Å². The predicted molar refractivity (Wildman–Crippen MR) is 105 cm³/mol. The number of ether oxygens (including phenoxy) is 1. The summed E-state index contributed by atoms with van der Waals surface area (Å²) in [6.45, 7) is -0.102. The number of nitrogens with zero attached hydrogens (tertiary/aromatic N) is 1. The highest BCUT2D eigenvalue weighted by Gasteiger charge is 2.07. The molecular weight excluding hydrogens is 400 g/mol. The molecule has 3 rings (SSSR count). The van der Waals surface area contributed by atoms with E-state index in [-0.39, 0.29) is 12.5 Å². The number of thiophene rings is 1. The van der Waals surface area contributed by atoms with Gasteiger partial charge in [-0.25, -0.2) is 5.43 Å². The van der Waals surface area contributed by atoms with Crippen molar-refractivity contribution in [2.45, 2.75) is 0 Å². The van der Waals surface area contributed by atoms with Gasteiger partial charge in [0.05, 0.1) is 6.21 Å². The van der Waals surface area contributed by atoms with Gasteiger partial charge < -0.3 is 4.74 Å². The summed E-state index contributed by atoms with van der Waals surface area (Å²) in [6.07, 6.45) is 1.60. The van der Waals surface area contributed by atoms with Gasteiger partial charge in [-0.2, -0.15) is 5.10 Å². The molecule has 0 saturated carbocycles. The number of carbonyl (C=O) groups is 1. The standard InChI is InChI=1S/C19H15BrN2O2S/c20-15-10-16(25-13-15)11-21-22-19(23)12-24-18-9-5-4-8-17(18)14-6-2-1-3-7-14/h1-11,13H,12H2,(H,22,23)/b21-11+. The van der Waals surface area contributed by atoms with E-state index >= 15 is 0 Å². The molecule has 25 heavy (non-hydrogen) atoms. The van der Waals surface area contributed by atoms with E-state index in [4.69, 9.17) is 4.74 Å². The van der Waals surface area contributed by atoms with Gasteiger partial charge in [-0.05, 0) is 33.6 Å². The molecule has 3 aromatic rings. The molecule has 1 N–H and O–H groups in total. The first-order chi connectivity index (χ1) is 12.2. The van der Waals surface area contributed by atoms with E-state index in [1.807, 2.05) is 66.0 Å². The third-order valence-corrected chi connectivity index (χ3v) is 4.93. The van der Waals surface area contributed by atoms with Crippen molar-refractivity contribution < 1.29 is 9.53 Å². The molecule has 0 aliphatic carbocycles.